The summed E-state index contributed by atoms with van der Waals surface area (Å²) in [7, 11) is 0. The van der Waals surface area contributed by atoms with Gasteiger partial charge in [-0.25, -0.2) is 9.67 Å². The zero-order valence-electron chi connectivity index (χ0n) is 12.7. The summed E-state index contributed by atoms with van der Waals surface area (Å²) in [5.41, 5.74) is 2.31. The van der Waals surface area contributed by atoms with E-state index < -0.39 is 0 Å². The lowest BCUT2D eigenvalue weighted by molar-refractivity contribution is 0.102. The molecule has 120 valence electrons. The molecule has 24 heavy (non-hydrogen) atoms. The SMILES string of the molecule is O=C(Nc1ccc(Cn2cncn2)cc1)c1ccc2c(c1)OCO2. The van der Waals surface area contributed by atoms with E-state index in [1.807, 2.05) is 24.3 Å². The van der Waals surface area contributed by atoms with Crippen LogP contribution in [0.5, 0.6) is 11.5 Å². The number of fused-ring (bicyclic) bond motifs is 1. The third-order valence-electron chi connectivity index (χ3n) is 3.66. The average Bonchev–Trinajstić information content (AvgIpc) is 3.27. The third kappa shape index (κ3) is 2.91. The van der Waals surface area contributed by atoms with Crippen LogP contribution in [-0.2, 0) is 6.54 Å². The van der Waals surface area contributed by atoms with Crippen LogP contribution in [0, 0.1) is 0 Å². The van der Waals surface area contributed by atoms with Crippen molar-refractivity contribution >= 4 is 11.6 Å². The van der Waals surface area contributed by atoms with Gasteiger partial charge in [0, 0.05) is 11.3 Å². The van der Waals surface area contributed by atoms with Crippen molar-refractivity contribution < 1.29 is 14.3 Å². The summed E-state index contributed by atoms with van der Waals surface area (Å²) in [6.07, 6.45) is 3.16. The highest BCUT2D eigenvalue weighted by Gasteiger charge is 2.16. The topological polar surface area (TPSA) is 78.3 Å². The summed E-state index contributed by atoms with van der Waals surface area (Å²) in [6.45, 7) is 0.823. The van der Waals surface area contributed by atoms with Gasteiger partial charge in [-0.3, -0.25) is 4.79 Å². The second-order valence-electron chi connectivity index (χ2n) is 5.31. The Labute approximate surface area is 137 Å². The number of nitrogens with one attached hydrogen (secondary N) is 1. The van der Waals surface area contributed by atoms with E-state index in [1.54, 1.807) is 29.2 Å². The van der Waals surface area contributed by atoms with Gasteiger partial charge in [0.1, 0.15) is 12.7 Å². The molecule has 1 aliphatic heterocycles. The van der Waals surface area contributed by atoms with Crippen LogP contribution >= 0.6 is 0 Å². The van der Waals surface area contributed by atoms with Gasteiger partial charge in [-0.15, -0.1) is 0 Å². The van der Waals surface area contributed by atoms with Gasteiger partial charge in [-0.05, 0) is 35.9 Å². The van der Waals surface area contributed by atoms with Crippen LogP contribution in [0.4, 0.5) is 5.69 Å². The standard InChI is InChI=1S/C17H14N4O3/c22-17(13-3-6-15-16(7-13)24-11-23-15)20-14-4-1-12(2-5-14)8-21-10-18-9-19-21/h1-7,9-10H,8,11H2,(H,20,22). The monoisotopic (exact) mass is 322 g/mol. The molecule has 3 aromatic rings. The normalized spacial score (nSPS) is 12.2. The Morgan fingerprint density at radius 1 is 1.12 bits per heavy atom. The number of benzene rings is 2. The summed E-state index contributed by atoms with van der Waals surface area (Å²) in [6, 6.07) is 12.7. The summed E-state index contributed by atoms with van der Waals surface area (Å²) in [4.78, 5) is 16.2. The van der Waals surface area contributed by atoms with Gasteiger partial charge < -0.3 is 14.8 Å². The molecule has 0 spiro atoms. The first-order valence-corrected chi connectivity index (χ1v) is 7.40. The molecule has 1 aromatic heterocycles. The average molecular weight is 322 g/mol. The van der Waals surface area contributed by atoms with E-state index in [1.165, 1.54) is 6.33 Å². The van der Waals surface area contributed by atoms with E-state index in [0.29, 0.717) is 23.6 Å². The summed E-state index contributed by atoms with van der Waals surface area (Å²) < 4.78 is 12.3. The van der Waals surface area contributed by atoms with Crippen molar-refractivity contribution in [2.45, 2.75) is 6.54 Å². The summed E-state index contributed by atoms with van der Waals surface area (Å²) in [5.74, 6) is 1.05. The first kappa shape index (κ1) is 14.3. The van der Waals surface area contributed by atoms with Crippen LogP contribution in [0.3, 0.4) is 0 Å². The molecule has 1 aliphatic rings. The Morgan fingerprint density at radius 2 is 1.96 bits per heavy atom. The minimum Gasteiger partial charge on any atom is -0.454 e. The van der Waals surface area contributed by atoms with E-state index in [-0.39, 0.29) is 12.7 Å². The number of nitrogens with zero attached hydrogens (tertiary/aromatic N) is 3. The van der Waals surface area contributed by atoms with Crippen LogP contribution in [0.15, 0.2) is 55.1 Å². The lowest BCUT2D eigenvalue weighted by atomic mass is 10.1. The number of hydrogen-bond donors (Lipinski definition) is 1. The molecular weight excluding hydrogens is 308 g/mol. The molecule has 4 rings (SSSR count). The number of ether oxygens (including phenoxy) is 2. The molecule has 0 radical (unpaired) electrons. The fourth-order valence-electron chi connectivity index (χ4n) is 2.44. The zero-order chi connectivity index (χ0) is 16.4. The van der Waals surface area contributed by atoms with Crippen molar-refractivity contribution in [1.82, 2.24) is 14.8 Å². The molecule has 1 N–H and O–H groups in total. The van der Waals surface area contributed by atoms with Crippen molar-refractivity contribution in [3.05, 3.63) is 66.2 Å². The highest BCUT2D eigenvalue weighted by molar-refractivity contribution is 6.04. The van der Waals surface area contributed by atoms with Crippen molar-refractivity contribution in [1.29, 1.82) is 0 Å². The van der Waals surface area contributed by atoms with Crippen LogP contribution < -0.4 is 14.8 Å². The van der Waals surface area contributed by atoms with E-state index in [2.05, 4.69) is 15.4 Å². The van der Waals surface area contributed by atoms with Gasteiger partial charge in [0.2, 0.25) is 6.79 Å². The molecule has 0 fully saturated rings. The Kier molecular flexibility index (Phi) is 3.59. The first-order chi connectivity index (χ1) is 11.8. The van der Waals surface area contributed by atoms with Gasteiger partial charge in [0.15, 0.2) is 11.5 Å². The Bertz CT molecular complexity index is 860. The smallest absolute Gasteiger partial charge is 0.255 e. The maximum atomic E-state index is 12.3. The minimum absolute atomic E-state index is 0.188. The molecule has 0 saturated heterocycles. The maximum Gasteiger partial charge on any atom is 0.255 e. The van der Waals surface area contributed by atoms with Gasteiger partial charge >= 0.3 is 0 Å². The van der Waals surface area contributed by atoms with Crippen molar-refractivity contribution in [3.63, 3.8) is 0 Å². The molecule has 7 heteroatoms. The maximum absolute atomic E-state index is 12.3. The lowest BCUT2D eigenvalue weighted by Crippen LogP contribution is -2.11. The number of carbonyl (C=O) groups is 1. The molecule has 0 bridgehead atoms. The van der Waals surface area contributed by atoms with Gasteiger partial charge in [0.25, 0.3) is 5.91 Å². The zero-order valence-corrected chi connectivity index (χ0v) is 12.7. The van der Waals surface area contributed by atoms with Crippen LogP contribution in [-0.4, -0.2) is 27.5 Å². The molecule has 0 unspecified atom stereocenters. The quantitative estimate of drug-likeness (QED) is 0.797. The number of amides is 1. The summed E-state index contributed by atoms with van der Waals surface area (Å²) in [5, 5.41) is 6.93. The molecule has 2 heterocycles. The second-order valence-corrected chi connectivity index (χ2v) is 5.31. The fourth-order valence-corrected chi connectivity index (χ4v) is 2.44. The van der Waals surface area contributed by atoms with Crippen LogP contribution in [0.25, 0.3) is 0 Å². The number of aromatic nitrogens is 3. The van der Waals surface area contributed by atoms with E-state index in [0.717, 1.165) is 11.3 Å². The highest BCUT2D eigenvalue weighted by atomic mass is 16.7. The van der Waals surface area contributed by atoms with E-state index in [9.17, 15) is 4.79 Å². The number of hydrogen-bond acceptors (Lipinski definition) is 5. The van der Waals surface area contributed by atoms with Crippen molar-refractivity contribution in [2.24, 2.45) is 0 Å². The fraction of sp³-hybridized carbons (Fsp3) is 0.118. The van der Waals surface area contributed by atoms with Crippen molar-refractivity contribution in [2.75, 3.05) is 12.1 Å². The number of carbonyl (C=O) groups excluding carboxylic acids is 1. The molecule has 0 atom stereocenters. The summed E-state index contributed by atoms with van der Waals surface area (Å²) >= 11 is 0. The predicted octanol–water partition coefficient (Wildman–Crippen LogP) is 2.31. The molecule has 0 aliphatic carbocycles. The molecule has 2 aromatic carbocycles. The van der Waals surface area contributed by atoms with Crippen LogP contribution in [0.2, 0.25) is 0 Å². The Balaban J connectivity index is 1.44. The lowest BCUT2D eigenvalue weighted by Gasteiger charge is -2.07. The third-order valence-corrected chi connectivity index (χ3v) is 3.66. The number of anilines is 1. The largest absolute Gasteiger partial charge is 0.454 e. The Morgan fingerprint density at radius 3 is 2.75 bits per heavy atom. The second kappa shape index (κ2) is 6.04. The molecular formula is C17H14N4O3. The molecule has 1 amide bonds. The van der Waals surface area contributed by atoms with Crippen LogP contribution in [0.1, 0.15) is 15.9 Å². The van der Waals surface area contributed by atoms with E-state index >= 15 is 0 Å². The highest BCUT2D eigenvalue weighted by Crippen LogP contribution is 2.32. The minimum atomic E-state index is -0.197. The Hall–Kier alpha value is -3.35. The number of rotatable bonds is 4. The first-order valence-electron chi connectivity index (χ1n) is 7.40. The van der Waals surface area contributed by atoms with Crippen molar-refractivity contribution in [3.8, 4) is 11.5 Å². The van der Waals surface area contributed by atoms with Gasteiger partial charge in [-0.2, -0.15) is 5.10 Å². The molecule has 7 nitrogen and oxygen atoms in total. The van der Waals surface area contributed by atoms with Gasteiger partial charge in [-0.1, -0.05) is 12.1 Å². The molecule has 0 saturated carbocycles. The predicted molar refractivity (Wildman–Crippen MR) is 86.1 cm³/mol. The van der Waals surface area contributed by atoms with E-state index in [4.69, 9.17) is 9.47 Å². The van der Waals surface area contributed by atoms with Gasteiger partial charge in [0.05, 0.1) is 6.54 Å².